The zero-order valence-electron chi connectivity index (χ0n) is 16.6. The molecule has 0 bridgehead atoms. The molecule has 0 radical (unpaired) electrons. The van der Waals surface area contributed by atoms with Crippen molar-refractivity contribution in [2.75, 3.05) is 39.4 Å². The van der Waals surface area contributed by atoms with E-state index in [0.717, 1.165) is 25.4 Å². The van der Waals surface area contributed by atoms with E-state index in [1.54, 1.807) is 25.1 Å². The van der Waals surface area contributed by atoms with Crippen molar-refractivity contribution in [1.82, 2.24) is 9.21 Å². The zero-order chi connectivity index (χ0) is 19.7. The van der Waals surface area contributed by atoms with Gasteiger partial charge in [0.1, 0.15) is 0 Å². The van der Waals surface area contributed by atoms with Crippen molar-refractivity contribution >= 4 is 15.9 Å². The van der Waals surface area contributed by atoms with E-state index in [0.29, 0.717) is 43.3 Å². The van der Waals surface area contributed by atoms with Crippen LogP contribution in [0.5, 0.6) is 0 Å². The average Bonchev–Trinajstić information content (AvgIpc) is 2.73. The zero-order valence-corrected chi connectivity index (χ0v) is 17.4. The highest BCUT2D eigenvalue weighted by atomic mass is 32.2. The van der Waals surface area contributed by atoms with Crippen LogP contribution in [0.25, 0.3) is 0 Å². The number of piperidine rings is 1. The van der Waals surface area contributed by atoms with Crippen molar-refractivity contribution in [2.24, 2.45) is 11.8 Å². The fourth-order valence-electron chi connectivity index (χ4n) is 4.90. The molecular weight excluding hydrogens is 376 g/mol. The fraction of sp³-hybridized carbons (Fsp3) is 0.667. The number of morpholine rings is 1. The molecule has 2 atom stereocenters. The first-order valence-electron chi connectivity index (χ1n) is 10.4. The summed E-state index contributed by atoms with van der Waals surface area (Å²) in [5, 5.41) is 0. The fourth-order valence-corrected chi connectivity index (χ4v) is 6.56. The molecule has 1 aromatic rings. The summed E-state index contributed by atoms with van der Waals surface area (Å²) in [7, 11) is -3.62. The van der Waals surface area contributed by atoms with Crippen LogP contribution >= 0.6 is 0 Å². The molecule has 1 saturated carbocycles. The Hall–Kier alpha value is -1.44. The van der Waals surface area contributed by atoms with Crippen molar-refractivity contribution < 1.29 is 17.9 Å². The quantitative estimate of drug-likeness (QED) is 0.774. The molecule has 154 valence electrons. The SMILES string of the molecule is Cc1ccc(C(=O)N2CC[C@H]3CCCC[C@H]3C2)cc1S(=O)(=O)N1CCOCC1. The van der Waals surface area contributed by atoms with Crippen molar-refractivity contribution in [3.63, 3.8) is 0 Å². The monoisotopic (exact) mass is 406 g/mol. The Kier molecular flexibility index (Phi) is 5.76. The van der Waals surface area contributed by atoms with Crippen LogP contribution in [0, 0.1) is 18.8 Å². The maximum atomic E-state index is 13.1. The Bertz CT molecular complexity index is 833. The van der Waals surface area contributed by atoms with Gasteiger partial charge in [-0.15, -0.1) is 0 Å². The first kappa shape index (κ1) is 19.9. The second kappa shape index (κ2) is 8.13. The van der Waals surface area contributed by atoms with E-state index in [9.17, 15) is 13.2 Å². The van der Waals surface area contributed by atoms with Crippen molar-refractivity contribution in [1.29, 1.82) is 0 Å². The number of aryl methyl sites for hydroxylation is 1. The van der Waals surface area contributed by atoms with Gasteiger partial charge in [0, 0.05) is 31.7 Å². The number of hydrogen-bond acceptors (Lipinski definition) is 4. The Morgan fingerprint density at radius 2 is 1.75 bits per heavy atom. The summed E-state index contributed by atoms with van der Waals surface area (Å²) in [5.74, 6) is 1.32. The van der Waals surface area contributed by atoms with Gasteiger partial charge in [-0.2, -0.15) is 4.31 Å². The molecule has 0 spiro atoms. The molecule has 28 heavy (non-hydrogen) atoms. The van der Waals surface area contributed by atoms with E-state index in [1.807, 2.05) is 4.90 Å². The van der Waals surface area contributed by atoms with E-state index >= 15 is 0 Å². The van der Waals surface area contributed by atoms with E-state index in [4.69, 9.17) is 4.74 Å². The number of carbonyl (C=O) groups is 1. The maximum absolute atomic E-state index is 13.1. The lowest BCUT2D eigenvalue weighted by molar-refractivity contribution is 0.0520. The standard InChI is InChI=1S/C21H30N2O4S/c1-16-6-7-18(14-20(16)28(25,26)23-10-12-27-13-11-23)21(24)22-9-8-17-4-2-3-5-19(17)15-22/h6-7,14,17,19H,2-5,8-13,15H2,1H3/t17-,19+/m1/s1. The molecule has 0 aromatic heterocycles. The normalized spacial score (nSPS) is 26.7. The molecule has 4 rings (SSSR count). The molecule has 3 aliphatic rings. The van der Waals surface area contributed by atoms with Gasteiger partial charge in [-0.05, 0) is 49.3 Å². The minimum absolute atomic E-state index is 0.0394. The molecule has 3 fully saturated rings. The van der Waals surface area contributed by atoms with Crippen LogP contribution in [-0.2, 0) is 14.8 Å². The second-order valence-corrected chi connectivity index (χ2v) is 10.2. The number of benzene rings is 1. The summed E-state index contributed by atoms with van der Waals surface area (Å²) >= 11 is 0. The number of hydrogen-bond donors (Lipinski definition) is 0. The number of fused-ring (bicyclic) bond motifs is 1. The predicted molar refractivity (Wildman–Crippen MR) is 107 cm³/mol. The number of likely N-dealkylation sites (tertiary alicyclic amines) is 1. The summed E-state index contributed by atoms with van der Waals surface area (Å²) in [6.07, 6.45) is 6.14. The van der Waals surface area contributed by atoms with Gasteiger partial charge in [-0.25, -0.2) is 8.42 Å². The molecule has 0 unspecified atom stereocenters. The van der Waals surface area contributed by atoms with Gasteiger partial charge in [0.25, 0.3) is 5.91 Å². The maximum Gasteiger partial charge on any atom is 0.253 e. The van der Waals surface area contributed by atoms with E-state index in [-0.39, 0.29) is 10.8 Å². The molecule has 1 aromatic carbocycles. The predicted octanol–water partition coefficient (Wildman–Crippen LogP) is 2.67. The van der Waals surface area contributed by atoms with Gasteiger partial charge in [0.2, 0.25) is 10.0 Å². The Labute approximate surface area is 167 Å². The first-order valence-corrected chi connectivity index (χ1v) is 11.9. The molecule has 2 heterocycles. The molecular formula is C21H30N2O4S. The smallest absolute Gasteiger partial charge is 0.253 e. The second-order valence-electron chi connectivity index (χ2n) is 8.34. The number of amides is 1. The van der Waals surface area contributed by atoms with Crippen LogP contribution in [0.1, 0.15) is 48.0 Å². The third-order valence-electron chi connectivity index (χ3n) is 6.60. The number of sulfonamides is 1. The highest BCUT2D eigenvalue weighted by Crippen LogP contribution is 2.36. The number of nitrogens with zero attached hydrogens (tertiary/aromatic N) is 2. The third-order valence-corrected chi connectivity index (χ3v) is 8.64. The first-order chi connectivity index (χ1) is 13.5. The molecule has 1 amide bonds. The third kappa shape index (κ3) is 3.84. The molecule has 0 N–H and O–H groups in total. The van der Waals surface area contributed by atoms with E-state index in [2.05, 4.69) is 0 Å². The Morgan fingerprint density at radius 1 is 1.04 bits per heavy atom. The van der Waals surface area contributed by atoms with Crippen LogP contribution in [0.15, 0.2) is 23.1 Å². The van der Waals surface area contributed by atoms with E-state index < -0.39 is 10.0 Å². The van der Waals surface area contributed by atoms with Crippen molar-refractivity contribution in [3.05, 3.63) is 29.3 Å². The van der Waals surface area contributed by atoms with Gasteiger partial charge in [-0.3, -0.25) is 4.79 Å². The van der Waals surface area contributed by atoms with Crippen LogP contribution in [0.4, 0.5) is 0 Å². The van der Waals surface area contributed by atoms with E-state index in [1.165, 1.54) is 30.0 Å². The molecule has 2 aliphatic heterocycles. The highest BCUT2D eigenvalue weighted by Gasteiger charge is 2.34. The van der Waals surface area contributed by atoms with Crippen LogP contribution in [0.2, 0.25) is 0 Å². The van der Waals surface area contributed by atoms with Gasteiger partial charge in [0.15, 0.2) is 0 Å². The Morgan fingerprint density at radius 3 is 2.50 bits per heavy atom. The lowest BCUT2D eigenvalue weighted by atomic mass is 9.75. The average molecular weight is 407 g/mol. The van der Waals surface area contributed by atoms with Gasteiger partial charge < -0.3 is 9.64 Å². The summed E-state index contributed by atoms with van der Waals surface area (Å²) in [4.78, 5) is 15.3. The highest BCUT2D eigenvalue weighted by molar-refractivity contribution is 7.89. The van der Waals surface area contributed by atoms with Crippen LogP contribution < -0.4 is 0 Å². The molecule has 1 aliphatic carbocycles. The lowest BCUT2D eigenvalue weighted by Gasteiger charge is -2.41. The number of rotatable bonds is 3. The minimum atomic E-state index is -3.62. The van der Waals surface area contributed by atoms with Gasteiger partial charge in [-0.1, -0.05) is 25.3 Å². The van der Waals surface area contributed by atoms with Crippen molar-refractivity contribution in [3.8, 4) is 0 Å². The summed E-state index contributed by atoms with van der Waals surface area (Å²) in [6.45, 7) is 4.90. The summed E-state index contributed by atoms with van der Waals surface area (Å²) < 4.78 is 32.9. The van der Waals surface area contributed by atoms with Gasteiger partial charge >= 0.3 is 0 Å². The number of carbonyl (C=O) groups excluding carboxylic acids is 1. The minimum Gasteiger partial charge on any atom is -0.379 e. The molecule has 7 heteroatoms. The van der Waals surface area contributed by atoms with Gasteiger partial charge in [0.05, 0.1) is 18.1 Å². The topological polar surface area (TPSA) is 66.9 Å². The molecule has 6 nitrogen and oxygen atoms in total. The summed E-state index contributed by atoms with van der Waals surface area (Å²) in [6, 6.07) is 5.10. The largest absolute Gasteiger partial charge is 0.379 e. The van der Waals surface area contributed by atoms with Crippen LogP contribution in [0.3, 0.4) is 0 Å². The number of ether oxygens (including phenoxy) is 1. The van der Waals surface area contributed by atoms with Crippen molar-refractivity contribution in [2.45, 2.75) is 43.9 Å². The lowest BCUT2D eigenvalue weighted by Crippen LogP contribution is -2.45. The van der Waals surface area contributed by atoms with Crippen LogP contribution in [-0.4, -0.2) is 62.9 Å². The Balaban J connectivity index is 1.55. The summed E-state index contributed by atoms with van der Waals surface area (Å²) in [5.41, 5.74) is 1.15. The molecule has 2 saturated heterocycles.